The van der Waals surface area contributed by atoms with Gasteiger partial charge in [-0.05, 0) is 43.4 Å². The van der Waals surface area contributed by atoms with Gasteiger partial charge in [0.05, 0.1) is 5.92 Å². The number of nitrogens with zero attached hydrogens (tertiary/aromatic N) is 1. The summed E-state index contributed by atoms with van der Waals surface area (Å²) >= 11 is 0. The van der Waals surface area contributed by atoms with Gasteiger partial charge in [0, 0.05) is 13.1 Å². The number of aliphatic hydroxyl groups excluding tert-OH is 1. The van der Waals surface area contributed by atoms with Crippen LogP contribution < -0.4 is 5.48 Å². The molecule has 0 radical (unpaired) electrons. The molecule has 1 aliphatic heterocycles. The summed E-state index contributed by atoms with van der Waals surface area (Å²) in [5, 5.41) is 28.2. The average molecular weight is 322 g/mol. The minimum Gasteiger partial charge on any atom is -0.508 e. The molecule has 1 aromatic rings. The van der Waals surface area contributed by atoms with Gasteiger partial charge in [0.25, 0.3) is 5.91 Å². The van der Waals surface area contributed by atoms with Gasteiger partial charge in [0.15, 0.2) is 0 Å². The summed E-state index contributed by atoms with van der Waals surface area (Å²) < 4.78 is 0. The van der Waals surface area contributed by atoms with E-state index in [-0.39, 0.29) is 18.1 Å². The minimum atomic E-state index is -1.64. The number of amides is 2. The van der Waals surface area contributed by atoms with Crippen LogP contribution in [0.2, 0.25) is 0 Å². The van der Waals surface area contributed by atoms with Crippen LogP contribution in [0.1, 0.15) is 24.8 Å². The number of benzene rings is 1. The van der Waals surface area contributed by atoms with E-state index in [1.54, 1.807) is 17.0 Å². The summed E-state index contributed by atoms with van der Waals surface area (Å²) in [6.45, 7) is 1.22. The van der Waals surface area contributed by atoms with Crippen molar-refractivity contribution in [1.29, 1.82) is 0 Å². The standard InChI is InChI=1S/C16H22N2O5/c19-12-6-4-11(5-7-12)10-13(14(20)15(21)17-23)16(22)18-8-2-1-3-9-18/h4-7,13-14,19-20,23H,1-3,8-10H2,(H,17,21)/t13-,14+/m1/s1. The molecule has 4 N–H and O–H groups in total. The van der Waals surface area contributed by atoms with E-state index in [4.69, 9.17) is 5.21 Å². The number of likely N-dealkylation sites (tertiary alicyclic amines) is 1. The topological polar surface area (TPSA) is 110 Å². The molecule has 0 unspecified atom stereocenters. The molecule has 0 saturated carbocycles. The van der Waals surface area contributed by atoms with Gasteiger partial charge in [-0.25, -0.2) is 5.48 Å². The molecular formula is C16H22N2O5. The summed E-state index contributed by atoms with van der Waals surface area (Å²) in [6, 6.07) is 6.23. The smallest absolute Gasteiger partial charge is 0.272 e. The van der Waals surface area contributed by atoms with Gasteiger partial charge in [-0.1, -0.05) is 12.1 Å². The lowest BCUT2D eigenvalue weighted by atomic mass is 9.91. The highest BCUT2D eigenvalue weighted by Crippen LogP contribution is 2.20. The molecule has 7 nitrogen and oxygen atoms in total. The van der Waals surface area contributed by atoms with Crippen LogP contribution in [0.25, 0.3) is 0 Å². The molecule has 0 spiro atoms. The highest BCUT2D eigenvalue weighted by Gasteiger charge is 2.35. The number of hydrogen-bond acceptors (Lipinski definition) is 5. The van der Waals surface area contributed by atoms with Crippen LogP contribution in [-0.4, -0.2) is 51.3 Å². The Balaban J connectivity index is 2.17. The number of aromatic hydroxyl groups is 1. The Kier molecular flexibility index (Phi) is 5.95. The Labute approximate surface area is 134 Å². The maximum Gasteiger partial charge on any atom is 0.272 e. The molecule has 1 fully saturated rings. The fraction of sp³-hybridized carbons (Fsp3) is 0.500. The van der Waals surface area contributed by atoms with E-state index in [1.807, 2.05) is 0 Å². The molecule has 0 bridgehead atoms. The quantitative estimate of drug-likeness (QED) is 0.464. The maximum atomic E-state index is 12.7. The van der Waals surface area contributed by atoms with Gasteiger partial charge in [-0.3, -0.25) is 14.8 Å². The second-order valence-corrected chi connectivity index (χ2v) is 5.78. The molecule has 1 aliphatic rings. The lowest BCUT2D eigenvalue weighted by Gasteiger charge is -2.31. The van der Waals surface area contributed by atoms with E-state index in [9.17, 15) is 19.8 Å². The van der Waals surface area contributed by atoms with Crippen molar-refractivity contribution < 1.29 is 25.0 Å². The lowest BCUT2D eigenvalue weighted by Crippen LogP contribution is -2.48. The van der Waals surface area contributed by atoms with Crippen molar-refractivity contribution in [3.05, 3.63) is 29.8 Å². The van der Waals surface area contributed by atoms with E-state index in [1.165, 1.54) is 17.6 Å². The molecule has 2 atom stereocenters. The molecule has 1 aromatic carbocycles. The Morgan fingerprint density at radius 1 is 1.13 bits per heavy atom. The molecule has 2 amide bonds. The van der Waals surface area contributed by atoms with E-state index in [0.717, 1.165) is 19.3 Å². The van der Waals surface area contributed by atoms with Crippen LogP contribution in [0.4, 0.5) is 0 Å². The van der Waals surface area contributed by atoms with Crippen LogP contribution in [-0.2, 0) is 16.0 Å². The third kappa shape index (κ3) is 4.43. The van der Waals surface area contributed by atoms with Crippen molar-refractivity contribution >= 4 is 11.8 Å². The number of carbonyl (C=O) groups is 2. The number of rotatable bonds is 5. The Morgan fingerprint density at radius 3 is 2.30 bits per heavy atom. The third-order valence-corrected chi connectivity index (χ3v) is 4.14. The van der Waals surface area contributed by atoms with Crippen molar-refractivity contribution in [3.8, 4) is 5.75 Å². The summed E-state index contributed by atoms with van der Waals surface area (Å²) in [6.07, 6.45) is 1.37. The van der Waals surface area contributed by atoms with E-state index >= 15 is 0 Å². The Morgan fingerprint density at radius 2 is 1.74 bits per heavy atom. The first-order valence-corrected chi connectivity index (χ1v) is 7.71. The molecule has 0 aromatic heterocycles. The van der Waals surface area contributed by atoms with Crippen molar-refractivity contribution in [1.82, 2.24) is 10.4 Å². The van der Waals surface area contributed by atoms with Gasteiger partial charge in [-0.15, -0.1) is 0 Å². The number of phenolic OH excluding ortho intramolecular Hbond substituents is 1. The number of phenols is 1. The van der Waals surface area contributed by atoms with Crippen molar-refractivity contribution in [2.45, 2.75) is 31.8 Å². The fourth-order valence-corrected chi connectivity index (χ4v) is 2.82. The number of piperidine rings is 1. The molecule has 23 heavy (non-hydrogen) atoms. The monoisotopic (exact) mass is 322 g/mol. The predicted molar refractivity (Wildman–Crippen MR) is 81.7 cm³/mol. The normalized spacial score (nSPS) is 17.4. The van der Waals surface area contributed by atoms with Gasteiger partial charge in [0.1, 0.15) is 11.9 Å². The maximum absolute atomic E-state index is 12.7. The number of hydrogen-bond donors (Lipinski definition) is 4. The average Bonchev–Trinajstić information content (AvgIpc) is 2.60. The first kappa shape index (κ1) is 17.2. The first-order valence-electron chi connectivity index (χ1n) is 7.71. The third-order valence-electron chi connectivity index (χ3n) is 4.14. The van der Waals surface area contributed by atoms with Gasteiger partial charge >= 0.3 is 0 Å². The lowest BCUT2D eigenvalue weighted by molar-refractivity contribution is -0.150. The SMILES string of the molecule is O=C(NO)[C@@H](O)[C@@H](Cc1ccc(O)cc1)C(=O)N1CCCCC1. The van der Waals surface area contributed by atoms with E-state index in [0.29, 0.717) is 18.7 Å². The van der Waals surface area contributed by atoms with Gasteiger partial charge in [0.2, 0.25) is 5.91 Å². The number of hydroxylamine groups is 1. The van der Waals surface area contributed by atoms with Crippen LogP contribution in [0.5, 0.6) is 5.75 Å². The molecule has 0 aliphatic carbocycles. The molecule has 1 heterocycles. The summed E-state index contributed by atoms with van der Waals surface area (Å²) in [5.74, 6) is -2.18. The zero-order chi connectivity index (χ0) is 16.8. The van der Waals surface area contributed by atoms with Crippen LogP contribution in [0.3, 0.4) is 0 Å². The molecule has 2 rings (SSSR count). The summed E-state index contributed by atoms with van der Waals surface area (Å²) in [4.78, 5) is 25.9. The zero-order valence-corrected chi connectivity index (χ0v) is 12.8. The molecule has 126 valence electrons. The first-order chi connectivity index (χ1) is 11.0. The van der Waals surface area contributed by atoms with Gasteiger partial charge < -0.3 is 15.1 Å². The Hall–Kier alpha value is -2.12. The van der Waals surface area contributed by atoms with Crippen molar-refractivity contribution in [2.75, 3.05) is 13.1 Å². The molecular weight excluding hydrogens is 300 g/mol. The second kappa shape index (κ2) is 7.94. The Bertz CT molecular complexity index is 540. The highest BCUT2D eigenvalue weighted by molar-refractivity contribution is 5.89. The molecule has 1 saturated heterocycles. The fourth-order valence-electron chi connectivity index (χ4n) is 2.82. The van der Waals surface area contributed by atoms with Gasteiger partial charge in [-0.2, -0.15) is 0 Å². The zero-order valence-electron chi connectivity index (χ0n) is 12.8. The highest BCUT2D eigenvalue weighted by atomic mass is 16.5. The summed E-state index contributed by atoms with van der Waals surface area (Å²) in [5.41, 5.74) is 2.11. The second-order valence-electron chi connectivity index (χ2n) is 5.78. The van der Waals surface area contributed by atoms with Crippen molar-refractivity contribution in [3.63, 3.8) is 0 Å². The summed E-state index contributed by atoms with van der Waals surface area (Å²) in [7, 11) is 0. The number of nitrogens with one attached hydrogen (secondary N) is 1. The largest absolute Gasteiger partial charge is 0.508 e. The van der Waals surface area contributed by atoms with Crippen LogP contribution in [0, 0.1) is 5.92 Å². The van der Waals surface area contributed by atoms with Crippen LogP contribution >= 0.6 is 0 Å². The minimum absolute atomic E-state index is 0.0984. The number of aliphatic hydroxyl groups is 1. The van der Waals surface area contributed by atoms with Crippen molar-refractivity contribution in [2.24, 2.45) is 5.92 Å². The van der Waals surface area contributed by atoms with Crippen LogP contribution in [0.15, 0.2) is 24.3 Å². The number of carbonyl (C=O) groups excluding carboxylic acids is 2. The predicted octanol–water partition coefficient (Wildman–Crippen LogP) is 0.430. The van der Waals surface area contributed by atoms with E-state index < -0.39 is 17.9 Å². The van der Waals surface area contributed by atoms with E-state index in [2.05, 4.69) is 0 Å². The molecule has 7 heteroatoms.